The van der Waals surface area contributed by atoms with E-state index in [9.17, 15) is 8.42 Å². The van der Waals surface area contributed by atoms with Crippen molar-refractivity contribution in [2.24, 2.45) is 10.9 Å². The molecule has 0 heterocycles. The molecule has 0 bridgehead atoms. The molecule has 0 saturated heterocycles. The van der Waals surface area contributed by atoms with Crippen molar-refractivity contribution in [2.75, 3.05) is 5.75 Å². The highest BCUT2D eigenvalue weighted by Gasteiger charge is 2.39. The van der Waals surface area contributed by atoms with Crippen molar-refractivity contribution in [1.82, 2.24) is 4.72 Å². The molecule has 0 aromatic carbocycles. The Labute approximate surface area is 95.9 Å². The molecule has 16 heavy (non-hydrogen) atoms. The van der Waals surface area contributed by atoms with Gasteiger partial charge in [-0.05, 0) is 19.8 Å². The molecule has 0 aromatic heterocycles. The first kappa shape index (κ1) is 13.2. The summed E-state index contributed by atoms with van der Waals surface area (Å²) < 4.78 is 25.7. The monoisotopic (exact) mass is 249 g/mol. The molecule has 0 aromatic rings. The largest absolute Gasteiger partial charge is 0.409 e. The summed E-state index contributed by atoms with van der Waals surface area (Å²) in [7, 11) is -3.35. The van der Waals surface area contributed by atoms with E-state index >= 15 is 0 Å². The third kappa shape index (κ3) is 2.85. The number of nitrogens with two attached hydrogens (primary N) is 1. The topological polar surface area (TPSA) is 105 Å². The number of amidine groups is 1. The predicted molar refractivity (Wildman–Crippen MR) is 61.8 cm³/mol. The summed E-state index contributed by atoms with van der Waals surface area (Å²) in [6, 6.07) is 0. The van der Waals surface area contributed by atoms with Crippen molar-refractivity contribution in [3.05, 3.63) is 0 Å². The van der Waals surface area contributed by atoms with E-state index in [1.165, 1.54) is 0 Å². The Hall–Kier alpha value is -0.820. The number of nitrogens with zero attached hydrogens (tertiary/aromatic N) is 1. The number of hydrogen-bond donors (Lipinski definition) is 3. The van der Waals surface area contributed by atoms with E-state index in [1.54, 1.807) is 6.92 Å². The molecule has 0 amide bonds. The normalized spacial score (nSPS) is 21.9. The standard InChI is InChI=1S/C9H19N3O3S/c1-2-16(14,15)12-9(8(10)11-13)6-4-3-5-7-9/h12-13H,2-7H2,1H3,(H2,10,11). The van der Waals surface area contributed by atoms with Gasteiger partial charge in [0, 0.05) is 0 Å². The third-order valence-electron chi connectivity index (χ3n) is 3.04. The van der Waals surface area contributed by atoms with Crippen LogP contribution in [0.15, 0.2) is 5.16 Å². The Morgan fingerprint density at radius 1 is 1.44 bits per heavy atom. The zero-order valence-electron chi connectivity index (χ0n) is 9.44. The molecule has 1 fully saturated rings. The van der Waals surface area contributed by atoms with Crippen LogP contribution in [0.5, 0.6) is 0 Å². The lowest BCUT2D eigenvalue weighted by Gasteiger charge is -2.36. The molecule has 6 nitrogen and oxygen atoms in total. The van der Waals surface area contributed by atoms with Crippen molar-refractivity contribution in [3.63, 3.8) is 0 Å². The average molecular weight is 249 g/mol. The molecular formula is C9H19N3O3S. The lowest BCUT2D eigenvalue weighted by molar-refractivity contribution is 0.294. The second-order valence-electron chi connectivity index (χ2n) is 4.13. The Kier molecular flexibility index (Phi) is 4.15. The number of rotatable bonds is 4. The molecule has 7 heteroatoms. The minimum absolute atomic E-state index is 0.00649. The van der Waals surface area contributed by atoms with Gasteiger partial charge in [0.15, 0.2) is 5.84 Å². The minimum Gasteiger partial charge on any atom is -0.409 e. The van der Waals surface area contributed by atoms with E-state index in [2.05, 4.69) is 9.88 Å². The summed E-state index contributed by atoms with van der Waals surface area (Å²) in [4.78, 5) is 0. The van der Waals surface area contributed by atoms with Crippen LogP contribution in [0.2, 0.25) is 0 Å². The fourth-order valence-corrected chi connectivity index (χ4v) is 3.08. The highest BCUT2D eigenvalue weighted by Crippen LogP contribution is 2.29. The predicted octanol–water partition coefficient (Wildman–Crippen LogP) is 0.375. The van der Waals surface area contributed by atoms with Crippen molar-refractivity contribution < 1.29 is 13.6 Å². The summed E-state index contributed by atoms with van der Waals surface area (Å²) in [6.07, 6.45) is 3.98. The van der Waals surface area contributed by atoms with Gasteiger partial charge in [0.1, 0.15) is 0 Å². The maximum absolute atomic E-state index is 11.6. The summed E-state index contributed by atoms with van der Waals surface area (Å²) >= 11 is 0. The Morgan fingerprint density at radius 2 is 2.00 bits per heavy atom. The molecule has 1 saturated carbocycles. The molecule has 0 atom stereocenters. The lowest BCUT2D eigenvalue weighted by Crippen LogP contribution is -2.58. The molecule has 0 radical (unpaired) electrons. The average Bonchev–Trinajstić information content (AvgIpc) is 2.28. The highest BCUT2D eigenvalue weighted by atomic mass is 32.2. The molecule has 1 aliphatic carbocycles. The van der Waals surface area contributed by atoms with Crippen LogP contribution in [0, 0.1) is 0 Å². The van der Waals surface area contributed by atoms with Crippen LogP contribution in [-0.4, -0.2) is 30.8 Å². The molecule has 0 spiro atoms. The van der Waals surface area contributed by atoms with Crippen LogP contribution < -0.4 is 10.5 Å². The van der Waals surface area contributed by atoms with E-state index in [1.807, 2.05) is 0 Å². The van der Waals surface area contributed by atoms with E-state index in [0.29, 0.717) is 12.8 Å². The summed E-state index contributed by atoms with van der Waals surface area (Å²) in [5.41, 5.74) is 4.73. The maximum Gasteiger partial charge on any atom is 0.212 e. The summed E-state index contributed by atoms with van der Waals surface area (Å²) in [5.74, 6) is -0.0442. The number of sulfonamides is 1. The SMILES string of the molecule is CCS(=O)(=O)NC1(/C(N)=N/O)CCCCC1. The second-order valence-corrected chi connectivity index (χ2v) is 6.14. The Balaban J connectivity index is 2.96. The second kappa shape index (κ2) is 5.01. The van der Waals surface area contributed by atoms with Crippen molar-refractivity contribution >= 4 is 15.9 Å². The maximum atomic E-state index is 11.6. The summed E-state index contributed by atoms with van der Waals surface area (Å²) in [6.45, 7) is 1.56. The van der Waals surface area contributed by atoms with Crippen LogP contribution in [0.25, 0.3) is 0 Å². The number of oxime groups is 1. The first-order valence-corrected chi connectivity index (χ1v) is 7.10. The number of hydrogen-bond acceptors (Lipinski definition) is 4. The molecule has 1 rings (SSSR count). The van der Waals surface area contributed by atoms with Gasteiger partial charge < -0.3 is 10.9 Å². The van der Waals surface area contributed by atoms with E-state index in [-0.39, 0.29) is 11.6 Å². The molecule has 94 valence electrons. The van der Waals surface area contributed by atoms with Gasteiger partial charge in [-0.25, -0.2) is 13.1 Å². The number of nitrogens with one attached hydrogen (secondary N) is 1. The van der Waals surface area contributed by atoms with Crippen LogP contribution >= 0.6 is 0 Å². The third-order valence-corrected chi connectivity index (χ3v) is 4.50. The van der Waals surface area contributed by atoms with Crippen LogP contribution in [-0.2, 0) is 10.0 Å². The Morgan fingerprint density at radius 3 is 2.44 bits per heavy atom. The smallest absolute Gasteiger partial charge is 0.212 e. The molecule has 0 unspecified atom stereocenters. The van der Waals surface area contributed by atoms with E-state index < -0.39 is 15.6 Å². The van der Waals surface area contributed by atoms with Crippen LogP contribution in [0.1, 0.15) is 39.0 Å². The first-order valence-electron chi connectivity index (χ1n) is 5.45. The van der Waals surface area contributed by atoms with E-state index in [4.69, 9.17) is 10.9 Å². The molecule has 1 aliphatic rings. The summed E-state index contributed by atoms with van der Waals surface area (Å²) in [5, 5.41) is 11.7. The first-order chi connectivity index (χ1) is 7.46. The van der Waals surface area contributed by atoms with Gasteiger partial charge in [0.05, 0.1) is 11.3 Å². The quantitative estimate of drug-likeness (QED) is 0.290. The van der Waals surface area contributed by atoms with Gasteiger partial charge in [-0.1, -0.05) is 24.4 Å². The molecular weight excluding hydrogens is 230 g/mol. The van der Waals surface area contributed by atoms with Crippen molar-refractivity contribution in [1.29, 1.82) is 0 Å². The van der Waals surface area contributed by atoms with Gasteiger partial charge in [-0.2, -0.15) is 0 Å². The molecule has 4 N–H and O–H groups in total. The lowest BCUT2D eigenvalue weighted by atomic mass is 9.82. The zero-order valence-corrected chi connectivity index (χ0v) is 10.3. The van der Waals surface area contributed by atoms with Gasteiger partial charge >= 0.3 is 0 Å². The van der Waals surface area contributed by atoms with Crippen LogP contribution in [0.4, 0.5) is 0 Å². The highest BCUT2D eigenvalue weighted by molar-refractivity contribution is 7.89. The van der Waals surface area contributed by atoms with Gasteiger partial charge in [-0.3, -0.25) is 0 Å². The van der Waals surface area contributed by atoms with Crippen LogP contribution in [0.3, 0.4) is 0 Å². The van der Waals surface area contributed by atoms with Crippen molar-refractivity contribution in [3.8, 4) is 0 Å². The van der Waals surface area contributed by atoms with E-state index in [0.717, 1.165) is 19.3 Å². The molecule has 0 aliphatic heterocycles. The van der Waals surface area contributed by atoms with Gasteiger partial charge in [-0.15, -0.1) is 0 Å². The van der Waals surface area contributed by atoms with Gasteiger partial charge in [0.2, 0.25) is 10.0 Å². The van der Waals surface area contributed by atoms with Crippen molar-refractivity contribution in [2.45, 2.75) is 44.6 Å². The fourth-order valence-electron chi connectivity index (χ4n) is 2.03. The Bertz CT molecular complexity index is 358. The van der Waals surface area contributed by atoms with Gasteiger partial charge in [0.25, 0.3) is 0 Å². The fraction of sp³-hybridized carbons (Fsp3) is 0.889. The minimum atomic E-state index is -3.35. The zero-order chi connectivity index (χ0) is 12.2.